The van der Waals surface area contributed by atoms with Crippen LogP contribution in [0.3, 0.4) is 0 Å². The normalized spacial score (nSPS) is 22.8. The van der Waals surface area contributed by atoms with Gasteiger partial charge in [0.1, 0.15) is 0 Å². The van der Waals surface area contributed by atoms with Gasteiger partial charge in [0, 0.05) is 13.1 Å². The predicted octanol–water partition coefficient (Wildman–Crippen LogP) is 1.38. The van der Waals surface area contributed by atoms with Crippen LogP contribution in [-0.4, -0.2) is 34.3 Å². The van der Waals surface area contributed by atoms with Crippen molar-refractivity contribution in [3.63, 3.8) is 0 Å². The Morgan fingerprint density at radius 3 is 2.67 bits per heavy atom. The summed E-state index contributed by atoms with van der Waals surface area (Å²) >= 11 is 0. The van der Waals surface area contributed by atoms with Crippen molar-refractivity contribution >= 4 is 0 Å². The molecule has 1 aliphatic heterocycles. The molecule has 4 nitrogen and oxygen atoms in total. The Morgan fingerprint density at radius 1 is 1.39 bits per heavy atom. The fraction of sp³-hybridized carbons (Fsp3) is 0.818. The van der Waals surface area contributed by atoms with Crippen molar-refractivity contribution in [3.05, 3.63) is 11.9 Å². The monoisotopic (exact) mass is 260 g/mol. The van der Waals surface area contributed by atoms with Gasteiger partial charge in [-0.15, -0.1) is 0 Å². The minimum atomic E-state index is -4.26. The molecule has 1 aliphatic carbocycles. The van der Waals surface area contributed by atoms with Crippen molar-refractivity contribution in [2.24, 2.45) is 11.3 Å². The summed E-state index contributed by atoms with van der Waals surface area (Å²) in [6.45, 7) is 1.07. The van der Waals surface area contributed by atoms with Gasteiger partial charge in [0.2, 0.25) is 0 Å². The minimum Gasteiger partial charge on any atom is -0.316 e. The number of nitrogens with one attached hydrogen (secondary N) is 1. The van der Waals surface area contributed by atoms with Crippen LogP contribution in [0.1, 0.15) is 18.5 Å². The Bertz CT molecular complexity index is 428. The highest BCUT2D eigenvalue weighted by molar-refractivity contribution is 5.06. The van der Waals surface area contributed by atoms with E-state index in [9.17, 15) is 13.2 Å². The number of hydrogen-bond donors (Lipinski definition) is 1. The summed E-state index contributed by atoms with van der Waals surface area (Å²) in [6.07, 6.45) is 0.266. The van der Waals surface area contributed by atoms with E-state index in [1.165, 1.54) is 6.20 Å². The molecule has 1 saturated heterocycles. The smallest absolute Gasteiger partial charge is 0.316 e. The lowest BCUT2D eigenvalue weighted by molar-refractivity contribution is -0.144. The molecule has 3 rings (SSSR count). The van der Waals surface area contributed by atoms with Crippen LogP contribution in [0, 0.1) is 11.3 Å². The molecule has 1 spiro atoms. The minimum absolute atomic E-state index is 0.493. The van der Waals surface area contributed by atoms with Gasteiger partial charge in [-0.2, -0.15) is 28.2 Å². The molecule has 2 heterocycles. The van der Waals surface area contributed by atoms with Crippen molar-refractivity contribution in [2.45, 2.75) is 32.0 Å². The van der Waals surface area contributed by atoms with Gasteiger partial charge in [0.15, 0.2) is 6.54 Å². The first kappa shape index (κ1) is 12.0. The second kappa shape index (κ2) is 3.94. The number of rotatable bonds is 3. The van der Waals surface area contributed by atoms with Crippen LogP contribution in [0.15, 0.2) is 6.20 Å². The molecule has 18 heavy (non-hydrogen) atoms. The van der Waals surface area contributed by atoms with E-state index in [1.54, 1.807) is 0 Å². The van der Waals surface area contributed by atoms with Crippen LogP contribution in [-0.2, 0) is 13.0 Å². The molecule has 0 bridgehead atoms. The first-order chi connectivity index (χ1) is 8.44. The summed E-state index contributed by atoms with van der Waals surface area (Å²) in [4.78, 5) is 0.731. The summed E-state index contributed by atoms with van der Waals surface area (Å²) in [5.41, 5.74) is 1.17. The van der Waals surface area contributed by atoms with E-state index in [2.05, 4.69) is 15.5 Å². The molecule has 1 aromatic heterocycles. The van der Waals surface area contributed by atoms with E-state index >= 15 is 0 Å². The zero-order chi connectivity index (χ0) is 12.8. The lowest BCUT2D eigenvalue weighted by Crippen LogP contribution is -2.60. The van der Waals surface area contributed by atoms with Crippen molar-refractivity contribution in [1.29, 1.82) is 0 Å². The van der Waals surface area contributed by atoms with Crippen molar-refractivity contribution in [2.75, 3.05) is 13.1 Å². The highest BCUT2D eigenvalue weighted by atomic mass is 19.4. The third-order valence-electron chi connectivity index (χ3n) is 3.85. The molecule has 100 valence electrons. The fourth-order valence-corrected chi connectivity index (χ4v) is 3.04. The molecule has 1 saturated carbocycles. The molecule has 2 fully saturated rings. The Balaban J connectivity index is 1.52. The molecule has 0 amide bonds. The summed E-state index contributed by atoms with van der Waals surface area (Å²) in [5, 5.41) is 10.8. The Morgan fingerprint density at radius 2 is 2.11 bits per heavy atom. The van der Waals surface area contributed by atoms with Gasteiger partial charge in [-0.3, -0.25) is 0 Å². The van der Waals surface area contributed by atoms with E-state index in [1.807, 2.05) is 0 Å². The molecule has 1 aromatic rings. The topological polar surface area (TPSA) is 42.7 Å². The number of halogens is 3. The highest BCUT2D eigenvalue weighted by Gasteiger charge is 2.48. The summed E-state index contributed by atoms with van der Waals surface area (Å²) < 4.78 is 36.4. The Labute approximate surface area is 103 Å². The maximum absolute atomic E-state index is 12.1. The summed E-state index contributed by atoms with van der Waals surface area (Å²) in [5.74, 6) is 0.558. The maximum Gasteiger partial charge on any atom is 0.409 e. The van der Waals surface area contributed by atoms with E-state index in [4.69, 9.17) is 0 Å². The molecule has 0 unspecified atom stereocenters. The van der Waals surface area contributed by atoms with Crippen LogP contribution in [0.25, 0.3) is 0 Å². The van der Waals surface area contributed by atoms with E-state index < -0.39 is 12.7 Å². The van der Waals surface area contributed by atoms with Crippen LogP contribution in [0.5, 0.6) is 0 Å². The first-order valence-corrected chi connectivity index (χ1v) is 6.11. The van der Waals surface area contributed by atoms with Gasteiger partial charge in [-0.1, -0.05) is 0 Å². The number of alkyl halides is 3. The zero-order valence-corrected chi connectivity index (χ0v) is 9.87. The van der Waals surface area contributed by atoms with Crippen LogP contribution >= 0.6 is 0 Å². The molecule has 0 radical (unpaired) electrons. The van der Waals surface area contributed by atoms with Crippen LogP contribution < -0.4 is 5.32 Å². The molecule has 1 N–H and O–H groups in total. The fourth-order valence-electron chi connectivity index (χ4n) is 3.04. The lowest BCUT2D eigenvalue weighted by atomic mass is 9.57. The van der Waals surface area contributed by atoms with Crippen LogP contribution in [0.4, 0.5) is 13.2 Å². The molecule has 0 atom stereocenters. The lowest BCUT2D eigenvalue weighted by Gasteiger charge is -2.54. The number of aromatic nitrogens is 3. The molecular formula is C11H15F3N4. The zero-order valence-electron chi connectivity index (χ0n) is 9.87. The van der Waals surface area contributed by atoms with Crippen LogP contribution in [0.2, 0.25) is 0 Å². The van der Waals surface area contributed by atoms with E-state index in [0.717, 1.165) is 37.1 Å². The Kier molecular flexibility index (Phi) is 2.62. The molecular weight excluding hydrogens is 245 g/mol. The summed E-state index contributed by atoms with van der Waals surface area (Å²) in [7, 11) is 0. The molecule has 2 aliphatic rings. The summed E-state index contributed by atoms with van der Waals surface area (Å²) in [6, 6.07) is 0. The Hall–Kier alpha value is -1.11. The molecule has 7 heteroatoms. The highest BCUT2D eigenvalue weighted by Crippen LogP contribution is 2.49. The maximum atomic E-state index is 12.1. The average molecular weight is 260 g/mol. The third-order valence-corrected chi connectivity index (χ3v) is 3.85. The number of hydrogen-bond acceptors (Lipinski definition) is 3. The SMILES string of the molecule is FC(F)(F)Cn1ncc(CC2CC3(CNC3)C2)n1. The van der Waals surface area contributed by atoms with E-state index in [-0.39, 0.29) is 0 Å². The standard InChI is InChI=1S/C11H15F3N4/c12-11(13,14)7-18-16-4-9(17-18)1-8-2-10(3-8)5-15-6-10/h4,8,15H,1-3,5-7H2. The van der Waals surface area contributed by atoms with Gasteiger partial charge in [0.25, 0.3) is 0 Å². The van der Waals surface area contributed by atoms with Gasteiger partial charge >= 0.3 is 6.18 Å². The van der Waals surface area contributed by atoms with E-state index in [0.29, 0.717) is 17.0 Å². The van der Waals surface area contributed by atoms with Crippen molar-refractivity contribution < 1.29 is 13.2 Å². The predicted molar refractivity (Wildman–Crippen MR) is 57.8 cm³/mol. The van der Waals surface area contributed by atoms with Crippen molar-refractivity contribution in [1.82, 2.24) is 20.3 Å². The second-order valence-corrected chi connectivity index (χ2v) is 5.56. The largest absolute Gasteiger partial charge is 0.409 e. The quantitative estimate of drug-likeness (QED) is 0.893. The second-order valence-electron chi connectivity index (χ2n) is 5.56. The average Bonchev–Trinajstić information content (AvgIpc) is 2.52. The van der Waals surface area contributed by atoms with Gasteiger partial charge in [-0.05, 0) is 30.6 Å². The third kappa shape index (κ3) is 2.36. The van der Waals surface area contributed by atoms with Gasteiger partial charge < -0.3 is 5.32 Å². The van der Waals surface area contributed by atoms with Gasteiger partial charge in [-0.25, -0.2) is 0 Å². The first-order valence-electron chi connectivity index (χ1n) is 6.11. The molecule has 0 aromatic carbocycles. The van der Waals surface area contributed by atoms with Crippen molar-refractivity contribution in [3.8, 4) is 0 Å². The van der Waals surface area contributed by atoms with Gasteiger partial charge in [0.05, 0.1) is 11.9 Å². The number of nitrogens with zero attached hydrogens (tertiary/aromatic N) is 3.